The topological polar surface area (TPSA) is 84.2 Å². The van der Waals surface area contributed by atoms with Crippen molar-refractivity contribution in [2.24, 2.45) is 5.10 Å². The molecule has 0 aliphatic rings. The normalized spacial score (nSPS) is 11.0. The summed E-state index contributed by atoms with van der Waals surface area (Å²) in [4.78, 5) is 12.0. The number of carbonyl (C=O) groups is 1. The fourth-order valence-corrected chi connectivity index (χ4v) is 3.33. The third-order valence-electron chi connectivity index (χ3n) is 4.01. The monoisotopic (exact) mass is 430 g/mol. The van der Waals surface area contributed by atoms with Crippen molar-refractivity contribution in [1.82, 2.24) is 20.2 Å². The Labute approximate surface area is 176 Å². The highest BCUT2D eigenvalue weighted by Gasteiger charge is 2.13. The molecular formula is C20H20F2N6OS. The average molecular weight is 430 g/mol. The largest absolute Gasteiger partial charge is 0.378 e. The van der Waals surface area contributed by atoms with Crippen LogP contribution in [0.15, 0.2) is 58.8 Å². The Hall–Kier alpha value is -3.27. The summed E-state index contributed by atoms with van der Waals surface area (Å²) in [6.45, 7) is 3.02. The number of nitrogens with one attached hydrogen (secondary N) is 2. The first-order valence-electron chi connectivity index (χ1n) is 9.17. The zero-order chi connectivity index (χ0) is 21.3. The maximum absolute atomic E-state index is 13.0. The Morgan fingerprint density at radius 1 is 1.10 bits per heavy atom. The predicted octanol–water partition coefficient (Wildman–Crippen LogP) is 3.43. The highest BCUT2D eigenvalue weighted by atomic mass is 32.2. The van der Waals surface area contributed by atoms with Gasteiger partial charge in [-0.2, -0.15) is 5.10 Å². The Kier molecular flexibility index (Phi) is 7.50. The van der Waals surface area contributed by atoms with E-state index in [0.717, 1.165) is 5.69 Å². The summed E-state index contributed by atoms with van der Waals surface area (Å²) in [5, 5.41) is 16.0. The molecule has 3 rings (SSSR count). The molecule has 30 heavy (non-hydrogen) atoms. The number of hydrazone groups is 1. The lowest BCUT2D eigenvalue weighted by atomic mass is 10.2. The number of hydrogen-bond donors (Lipinski definition) is 2. The molecule has 0 unspecified atom stereocenters. The molecule has 0 aliphatic carbocycles. The van der Waals surface area contributed by atoms with Crippen LogP contribution < -0.4 is 10.7 Å². The second-order valence-electron chi connectivity index (χ2n) is 6.14. The van der Waals surface area contributed by atoms with Gasteiger partial charge < -0.3 is 9.88 Å². The zero-order valence-electron chi connectivity index (χ0n) is 16.2. The SMILES string of the molecule is CCn1c(CNc2ccc(F)cc2)nnc1SCC(=O)N/N=C\c1ccc(F)cc1. The molecule has 0 atom stereocenters. The fourth-order valence-electron chi connectivity index (χ4n) is 2.51. The van der Waals surface area contributed by atoms with Crippen molar-refractivity contribution in [1.29, 1.82) is 0 Å². The number of benzene rings is 2. The van der Waals surface area contributed by atoms with E-state index in [1.807, 2.05) is 11.5 Å². The summed E-state index contributed by atoms with van der Waals surface area (Å²) < 4.78 is 27.8. The maximum Gasteiger partial charge on any atom is 0.250 e. The van der Waals surface area contributed by atoms with E-state index in [2.05, 4.69) is 26.0 Å². The highest BCUT2D eigenvalue weighted by molar-refractivity contribution is 7.99. The standard InChI is InChI=1S/C20H20F2N6OS/c1-2-28-18(12-23-17-9-7-16(22)8-10-17)25-27-20(28)30-13-19(29)26-24-11-14-3-5-15(21)6-4-14/h3-11,23H,2,12-13H2,1H3,(H,26,29)/b24-11-. The molecule has 1 aromatic heterocycles. The van der Waals surface area contributed by atoms with Gasteiger partial charge >= 0.3 is 0 Å². The first kappa shape index (κ1) is 21.4. The summed E-state index contributed by atoms with van der Waals surface area (Å²) in [5.41, 5.74) is 3.87. The van der Waals surface area contributed by atoms with Crippen LogP contribution in [0.3, 0.4) is 0 Å². The van der Waals surface area contributed by atoms with Crippen LogP contribution >= 0.6 is 11.8 Å². The first-order chi connectivity index (χ1) is 14.5. The van der Waals surface area contributed by atoms with Gasteiger partial charge in [-0.25, -0.2) is 14.2 Å². The number of amides is 1. The smallest absolute Gasteiger partial charge is 0.250 e. The van der Waals surface area contributed by atoms with E-state index >= 15 is 0 Å². The summed E-state index contributed by atoms with van der Waals surface area (Å²) in [5.74, 6) is -0.102. The van der Waals surface area contributed by atoms with E-state index in [1.54, 1.807) is 24.3 Å². The zero-order valence-corrected chi connectivity index (χ0v) is 17.0. The van der Waals surface area contributed by atoms with Crippen LogP contribution in [-0.4, -0.2) is 32.6 Å². The number of halogens is 2. The molecule has 0 radical (unpaired) electrons. The van der Waals surface area contributed by atoms with Crippen LogP contribution in [0.1, 0.15) is 18.3 Å². The highest BCUT2D eigenvalue weighted by Crippen LogP contribution is 2.18. The van der Waals surface area contributed by atoms with Gasteiger partial charge in [-0.3, -0.25) is 4.79 Å². The van der Waals surface area contributed by atoms with Crippen molar-refractivity contribution in [2.45, 2.75) is 25.2 Å². The molecule has 0 spiro atoms. The lowest BCUT2D eigenvalue weighted by Crippen LogP contribution is -2.20. The molecule has 10 heteroatoms. The van der Waals surface area contributed by atoms with Gasteiger partial charge in [-0.15, -0.1) is 10.2 Å². The van der Waals surface area contributed by atoms with Crippen LogP contribution in [0.2, 0.25) is 0 Å². The molecule has 2 N–H and O–H groups in total. The van der Waals surface area contributed by atoms with Crippen molar-refractivity contribution in [3.8, 4) is 0 Å². The molecule has 156 valence electrons. The van der Waals surface area contributed by atoms with E-state index in [-0.39, 0.29) is 23.3 Å². The van der Waals surface area contributed by atoms with Gasteiger partial charge in [-0.1, -0.05) is 23.9 Å². The minimum Gasteiger partial charge on any atom is -0.378 e. The quantitative estimate of drug-likeness (QED) is 0.309. The van der Waals surface area contributed by atoms with Gasteiger partial charge in [0.15, 0.2) is 11.0 Å². The molecule has 0 aliphatic heterocycles. The second kappa shape index (κ2) is 10.5. The first-order valence-corrected chi connectivity index (χ1v) is 10.2. The number of carbonyl (C=O) groups excluding carboxylic acids is 1. The molecule has 0 bridgehead atoms. The van der Waals surface area contributed by atoms with Crippen molar-refractivity contribution < 1.29 is 13.6 Å². The Bertz CT molecular complexity index is 1010. The van der Waals surface area contributed by atoms with E-state index in [9.17, 15) is 13.6 Å². The number of aromatic nitrogens is 3. The van der Waals surface area contributed by atoms with Crippen LogP contribution in [-0.2, 0) is 17.9 Å². The average Bonchev–Trinajstić information content (AvgIpc) is 3.15. The number of nitrogens with zero attached hydrogens (tertiary/aromatic N) is 4. The lowest BCUT2D eigenvalue weighted by Gasteiger charge is -2.09. The summed E-state index contributed by atoms with van der Waals surface area (Å²) >= 11 is 1.25. The summed E-state index contributed by atoms with van der Waals surface area (Å²) in [6, 6.07) is 11.8. The number of thioether (sulfide) groups is 1. The Morgan fingerprint density at radius 3 is 2.43 bits per heavy atom. The molecule has 0 fully saturated rings. The van der Waals surface area contributed by atoms with E-state index in [1.165, 1.54) is 42.2 Å². The number of rotatable bonds is 9. The molecule has 1 amide bonds. The van der Waals surface area contributed by atoms with Gasteiger partial charge in [0.05, 0.1) is 18.5 Å². The molecule has 0 saturated heterocycles. The minimum atomic E-state index is -0.333. The summed E-state index contributed by atoms with van der Waals surface area (Å²) in [7, 11) is 0. The van der Waals surface area contributed by atoms with Gasteiger partial charge in [-0.05, 0) is 48.9 Å². The van der Waals surface area contributed by atoms with E-state index < -0.39 is 0 Å². The van der Waals surface area contributed by atoms with Crippen molar-refractivity contribution >= 4 is 29.6 Å². The van der Waals surface area contributed by atoms with Crippen LogP contribution in [0, 0.1) is 11.6 Å². The molecule has 7 nitrogen and oxygen atoms in total. The Balaban J connectivity index is 1.50. The minimum absolute atomic E-state index is 0.115. The second-order valence-corrected chi connectivity index (χ2v) is 7.08. The van der Waals surface area contributed by atoms with Crippen molar-refractivity contribution in [3.05, 3.63) is 71.6 Å². The molecule has 3 aromatic rings. The number of hydrogen-bond acceptors (Lipinski definition) is 6. The molecule has 0 saturated carbocycles. The van der Waals surface area contributed by atoms with E-state index in [4.69, 9.17) is 0 Å². The van der Waals surface area contributed by atoms with Crippen LogP contribution in [0.5, 0.6) is 0 Å². The van der Waals surface area contributed by atoms with Crippen LogP contribution in [0.4, 0.5) is 14.5 Å². The molecule has 1 heterocycles. The van der Waals surface area contributed by atoms with Gasteiger partial charge in [0.1, 0.15) is 11.6 Å². The Morgan fingerprint density at radius 2 is 1.77 bits per heavy atom. The molecule has 2 aromatic carbocycles. The predicted molar refractivity (Wildman–Crippen MR) is 112 cm³/mol. The number of anilines is 1. The van der Waals surface area contributed by atoms with E-state index in [0.29, 0.717) is 29.6 Å². The van der Waals surface area contributed by atoms with Crippen LogP contribution in [0.25, 0.3) is 0 Å². The van der Waals surface area contributed by atoms with Crippen molar-refractivity contribution in [2.75, 3.05) is 11.1 Å². The van der Waals surface area contributed by atoms with Crippen molar-refractivity contribution in [3.63, 3.8) is 0 Å². The van der Waals surface area contributed by atoms with Gasteiger partial charge in [0, 0.05) is 12.2 Å². The lowest BCUT2D eigenvalue weighted by molar-refractivity contribution is -0.118. The third kappa shape index (κ3) is 6.11. The molecular weight excluding hydrogens is 410 g/mol. The third-order valence-corrected chi connectivity index (χ3v) is 4.98. The van der Waals surface area contributed by atoms with Gasteiger partial charge in [0.2, 0.25) is 0 Å². The van der Waals surface area contributed by atoms with Gasteiger partial charge in [0.25, 0.3) is 5.91 Å². The fraction of sp³-hybridized carbons (Fsp3) is 0.200. The summed E-state index contributed by atoms with van der Waals surface area (Å²) in [6.07, 6.45) is 1.44. The maximum atomic E-state index is 13.0.